The van der Waals surface area contributed by atoms with E-state index >= 15 is 0 Å². The van der Waals surface area contributed by atoms with Crippen LogP contribution in [0.4, 0.5) is 0 Å². The average molecular weight is 206 g/mol. The number of esters is 1. The summed E-state index contributed by atoms with van der Waals surface area (Å²) in [4.78, 5) is 10.8. The minimum atomic E-state index is -0.259. The highest BCUT2D eigenvalue weighted by Gasteiger charge is 2.45. The van der Waals surface area contributed by atoms with Gasteiger partial charge in [0.15, 0.2) is 0 Å². The van der Waals surface area contributed by atoms with Gasteiger partial charge in [-0.3, -0.25) is 4.79 Å². The number of rotatable bonds is 3. The third kappa shape index (κ3) is 2.36. The summed E-state index contributed by atoms with van der Waals surface area (Å²) in [6.07, 6.45) is -0.0791. The zero-order valence-electron chi connectivity index (χ0n) is 8.84. The number of ether oxygens (including phenoxy) is 2. The maximum Gasteiger partial charge on any atom is 0.302 e. The molecule has 1 saturated heterocycles. The quantitative estimate of drug-likeness (QED) is 0.561. The molecular weight excluding hydrogens is 192 g/mol. The lowest BCUT2D eigenvalue weighted by molar-refractivity contribution is -0.146. The van der Waals surface area contributed by atoms with E-state index in [0.29, 0.717) is 0 Å². The Labute approximate surface area is 89.0 Å². The lowest BCUT2D eigenvalue weighted by Crippen LogP contribution is -2.18. The maximum atomic E-state index is 10.8. The summed E-state index contributed by atoms with van der Waals surface area (Å²) in [5.41, 5.74) is 1.14. The van der Waals surface area contributed by atoms with Crippen molar-refractivity contribution in [3.63, 3.8) is 0 Å². The van der Waals surface area contributed by atoms with Crippen LogP contribution < -0.4 is 0 Å². The Morgan fingerprint density at radius 1 is 1.40 bits per heavy atom. The molecule has 15 heavy (non-hydrogen) atoms. The summed E-state index contributed by atoms with van der Waals surface area (Å²) >= 11 is 0. The van der Waals surface area contributed by atoms with Crippen LogP contribution in [0.5, 0.6) is 0 Å². The molecule has 3 atom stereocenters. The minimum Gasteiger partial charge on any atom is -0.460 e. The lowest BCUT2D eigenvalue weighted by atomic mass is 10.1. The van der Waals surface area contributed by atoms with Crippen molar-refractivity contribution in [1.82, 2.24) is 0 Å². The second-order valence-corrected chi connectivity index (χ2v) is 3.75. The first-order chi connectivity index (χ1) is 7.18. The van der Waals surface area contributed by atoms with E-state index in [0.717, 1.165) is 5.56 Å². The topological polar surface area (TPSA) is 38.8 Å². The second kappa shape index (κ2) is 4.03. The molecule has 0 aliphatic carbocycles. The number of benzene rings is 1. The van der Waals surface area contributed by atoms with Crippen LogP contribution in [0.25, 0.3) is 0 Å². The highest BCUT2D eigenvalue weighted by Crippen LogP contribution is 2.41. The van der Waals surface area contributed by atoms with Gasteiger partial charge in [0.2, 0.25) is 0 Å². The van der Waals surface area contributed by atoms with Crippen LogP contribution in [0.1, 0.15) is 25.5 Å². The molecular formula is C12H14O3. The smallest absolute Gasteiger partial charge is 0.302 e. The molecule has 0 unspecified atom stereocenters. The Morgan fingerprint density at radius 2 is 2.07 bits per heavy atom. The van der Waals surface area contributed by atoms with Gasteiger partial charge in [-0.25, -0.2) is 0 Å². The Balaban J connectivity index is 1.93. The van der Waals surface area contributed by atoms with Crippen molar-refractivity contribution in [2.75, 3.05) is 0 Å². The van der Waals surface area contributed by atoms with Crippen molar-refractivity contribution in [1.29, 1.82) is 0 Å². The molecule has 80 valence electrons. The fourth-order valence-corrected chi connectivity index (χ4v) is 1.72. The Hall–Kier alpha value is -1.35. The van der Waals surface area contributed by atoms with E-state index in [1.165, 1.54) is 6.92 Å². The first kappa shape index (κ1) is 10.2. The Bertz CT molecular complexity index is 347. The minimum absolute atomic E-state index is 0.0105. The molecule has 0 spiro atoms. The van der Waals surface area contributed by atoms with Gasteiger partial charge < -0.3 is 9.47 Å². The first-order valence-corrected chi connectivity index (χ1v) is 5.06. The molecule has 3 heteroatoms. The van der Waals surface area contributed by atoms with Gasteiger partial charge in [0.1, 0.15) is 18.3 Å². The largest absolute Gasteiger partial charge is 0.460 e. The molecule has 0 aromatic heterocycles. The monoisotopic (exact) mass is 206 g/mol. The van der Waals surface area contributed by atoms with Gasteiger partial charge in [-0.15, -0.1) is 0 Å². The zero-order valence-corrected chi connectivity index (χ0v) is 8.84. The molecule has 1 aromatic rings. The molecule has 1 heterocycles. The predicted octanol–water partition coefficient (Wildman–Crippen LogP) is 2.08. The summed E-state index contributed by atoms with van der Waals surface area (Å²) in [5, 5.41) is 0. The van der Waals surface area contributed by atoms with Gasteiger partial charge in [-0.2, -0.15) is 0 Å². The number of hydrogen-bond acceptors (Lipinski definition) is 3. The van der Waals surface area contributed by atoms with Crippen molar-refractivity contribution in [3.05, 3.63) is 35.9 Å². The number of carbonyl (C=O) groups is 1. The zero-order chi connectivity index (χ0) is 10.8. The van der Waals surface area contributed by atoms with E-state index in [-0.39, 0.29) is 24.3 Å². The number of carbonyl (C=O) groups excluding carboxylic acids is 1. The van der Waals surface area contributed by atoms with E-state index in [1.807, 2.05) is 37.3 Å². The van der Waals surface area contributed by atoms with Gasteiger partial charge in [0.05, 0.1) is 0 Å². The van der Waals surface area contributed by atoms with Crippen LogP contribution in [-0.2, 0) is 14.3 Å². The third-order valence-corrected chi connectivity index (χ3v) is 2.47. The third-order valence-electron chi connectivity index (χ3n) is 2.47. The van der Waals surface area contributed by atoms with Crippen LogP contribution in [0.3, 0.4) is 0 Å². The van der Waals surface area contributed by atoms with E-state index in [1.54, 1.807) is 0 Å². The first-order valence-electron chi connectivity index (χ1n) is 5.06. The van der Waals surface area contributed by atoms with Crippen molar-refractivity contribution in [2.45, 2.75) is 32.2 Å². The fraction of sp³-hybridized carbons (Fsp3) is 0.417. The Kier molecular flexibility index (Phi) is 2.73. The Morgan fingerprint density at radius 3 is 2.67 bits per heavy atom. The highest BCUT2D eigenvalue weighted by atomic mass is 16.6. The summed E-state index contributed by atoms with van der Waals surface area (Å²) < 4.78 is 10.6. The van der Waals surface area contributed by atoms with Crippen molar-refractivity contribution >= 4 is 5.97 Å². The standard InChI is InChI=1S/C12H14O3/c1-8(14-9(2)13)11-12(15-11)10-6-4-3-5-7-10/h3-8,11-12H,1-2H3/t8-,11-,12-/m1/s1. The van der Waals surface area contributed by atoms with Gasteiger partial charge in [-0.1, -0.05) is 30.3 Å². The molecule has 0 amide bonds. The predicted molar refractivity (Wildman–Crippen MR) is 55.3 cm³/mol. The van der Waals surface area contributed by atoms with E-state index in [4.69, 9.17) is 9.47 Å². The molecule has 0 radical (unpaired) electrons. The van der Waals surface area contributed by atoms with Crippen molar-refractivity contribution in [2.24, 2.45) is 0 Å². The van der Waals surface area contributed by atoms with Gasteiger partial charge >= 0.3 is 5.97 Å². The summed E-state index contributed by atoms with van der Waals surface area (Å²) in [6, 6.07) is 9.96. The molecule has 0 bridgehead atoms. The molecule has 2 rings (SSSR count). The lowest BCUT2D eigenvalue weighted by Gasteiger charge is -2.07. The SMILES string of the molecule is CC(=O)O[C@H](C)[C@H]1O[C@@H]1c1ccccc1. The highest BCUT2D eigenvalue weighted by molar-refractivity contribution is 5.66. The molecule has 1 aromatic carbocycles. The molecule has 1 aliphatic heterocycles. The second-order valence-electron chi connectivity index (χ2n) is 3.75. The van der Waals surface area contributed by atoms with Crippen molar-refractivity contribution < 1.29 is 14.3 Å². The van der Waals surface area contributed by atoms with Crippen LogP contribution in [-0.4, -0.2) is 18.2 Å². The maximum absolute atomic E-state index is 10.8. The molecule has 0 N–H and O–H groups in total. The normalized spacial score (nSPS) is 25.7. The summed E-state index contributed by atoms with van der Waals surface area (Å²) in [5.74, 6) is -0.259. The molecule has 3 nitrogen and oxygen atoms in total. The van der Waals surface area contributed by atoms with Gasteiger partial charge in [-0.05, 0) is 12.5 Å². The van der Waals surface area contributed by atoms with E-state index in [9.17, 15) is 4.79 Å². The van der Waals surface area contributed by atoms with Gasteiger partial charge in [0.25, 0.3) is 0 Å². The molecule has 1 aliphatic rings. The van der Waals surface area contributed by atoms with E-state index in [2.05, 4.69) is 0 Å². The van der Waals surface area contributed by atoms with E-state index < -0.39 is 0 Å². The molecule has 0 saturated carbocycles. The van der Waals surface area contributed by atoms with Crippen LogP contribution >= 0.6 is 0 Å². The summed E-state index contributed by atoms with van der Waals surface area (Å²) in [7, 11) is 0. The summed E-state index contributed by atoms with van der Waals surface area (Å²) in [6.45, 7) is 3.27. The van der Waals surface area contributed by atoms with Crippen LogP contribution in [0, 0.1) is 0 Å². The van der Waals surface area contributed by atoms with Gasteiger partial charge in [0, 0.05) is 6.92 Å². The van der Waals surface area contributed by atoms with Crippen molar-refractivity contribution in [3.8, 4) is 0 Å². The molecule has 1 fully saturated rings. The van der Waals surface area contributed by atoms with Crippen LogP contribution in [0.2, 0.25) is 0 Å². The fourth-order valence-electron chi connectivity index (χ4n) is 1.72. The number of hydrogen-bond donors (Lipinski definition) is 0. The number of epoxide rings is 1. The van der Waals surface area contributed by atoms with Crippen LogP contribution in [0.15, 0.2) is 30.3 Å². The average Bonchev–Trinajstić information content (AvgIpc) is 2.97.